The van der Waals surface area contributed by atoms with Gasteiger partial charge in [0.2, 0.25) is 0 Å². The molecule has 0 spiro atoms. The number of thiophene rings is 2. The lowest BCUT2D eigenvalue weighted by Gasteiger charge is -2.11. The van der Waals surface area contributed by atoms with Crippen molar-refractivity contribution < 1.29 is 0 Å². The summed E-state index contributed by atoms with van der Waals surface area (Å²) in [6.45, 7) is 1.80. The van der Waals surface area contributed by atoms with Crippen LogP contribution >= 0.6 is 47.5 Å². The Bertz CT molecular complexity index is 1440. The quantitative estimate of drug-likeness (QED) is 0.205. The Balaban J connectivity index is 0.00000137. The molecule has 0 fully saturated rings. The van der Waals surface area contributed by atoms with Gasteiger partial charge in [0, 0.05) is 56.2 Å². The van der Waals surface area contributed by atoms with Crippen LogP contribution in [0.5, 0.6) is 0 Å². The fraction of sp³-hybridized carbons (Fsp3) is 0.154. The average molecular weight is 528 g/mol. The molecule has 0 aliphatic carbocycles. The van der Waals surface area contributed by atoms with Crippen molar-refractivity contribution in [1.29, 1.82) is 0 Å². The number of fused-ring (bicyclic) bond motifs is 6. The number of anilines is 2. The third-order valence-corrected chi connectivity index (χ3v) is 7.36. The zero-order chi connectivity index (χ0) is 21.3. The smallest absolute Gasteiger partial charge is 0.135 e. The summed E-state index contributed by atoms with van der Waals surface area (Å²) in [6, 6.07) is 16.7. The first-order valence-corrected chi connectivity index (χ1v) is 12.7. The van der Waals surface area contributed by atoms with Crippen molar-refractivity contribution in [2.45, 2.75) is 12.8 Å². The average Bonchev–Trinajstić information content (AvgIpc) is 3.52. The van der Waals surface area contributed by atoms with Gasteiger partial charge >= 0.3 is 0 Å². The number of halogens is 2. The van der Waals surface area contributed by atoms with E-state index in [0.29, 0.717) is 0 Å². The fourth-order valence-electron chi connectivity index (χ4n) is 4.27. The summed E-state index contributed by atoms with van der Waals surface area (Å²) < 4.78 is 0. The molecular weight excluding hydrogens is 503 g/mol. The van der Waals surface area contributed by atoms with Gasteiger partial charge in [-0.3, -0.25) is 0 Å². The van der Waals surface area contributed by atoms with Crippen LogP contribution in [0.15, 0.2) is 70.1 Å². The molecule has 6 aromatic rings. The summed E-state index contributed by atoms with van der Waals surface area (Å²) in [5, 5.41) is 23.4. The van der Waals surface area contributed by atoms with Crippen molar-refractivity contribution in [1.82, 2.24) is 9.97 Å². The van der Waals surface area contributed by atoms with E-state index in [2.05, 4.69) is 68.6 Å². The Labute approximate surface area is 218 Å². The van der Waals surface area contributed by atoms with Gasteiger partial charge in [0.05, 0.1) is 11.0 Å². The number of hydrogen-bond acceptors (Lipinski definition) is 6. The Morgan fingerprint density at radius 3 is 1.41 bits per heavy atom. The molecule has 0 amide bonds. The SMILES string of the molecule is Cl.Cl.c1ccc2c(c1)nc(NCCCCNc1nc3ccccc3c3cscc13)c1cscc12. The van der Waals surface area contributed by atoms with Crippen molar-refractivity contribution in [3.63, 3.8) is 0 Å². The molecule has 4 heterocycles. The van der Waals surface area contributed by atoms with Crippen LogP contribution in [-0.4, -0.2) is 23.1 Å². The summed E-state index contributed by atoms with van der Waals surface area (Å²) in [5.41, 5.74) is 2.09. The Kier molecular flexibility index (Phi) is 7.73. The van der Waals surface area contributed by atoms with Crippen LogP contribution in [0.4, 0.5) is 11.6 Å². The van der Waals surface area contributed by atoms with Crippen molar-refractivity contribution in [3.8, 4) is 0 Å². The van der Waals surface area contributed by atoms with Gasteiger partial charge in [-0.15, -0.1) is 24.8 Å². The standard InChI is InChI=1S/C26H22N4S2.2ClH/c1-3-9-23-17(7-1)19-13-31-15-21(19)25(29-23)27-11-5-6-12-28-26-22-16-32-14-20(22)18-8-2-4-10-24(18)30-26;;/h1-4,7-10,13-16H,5-6,11-12H2,(H,27,29)(H,28,30);2*1H. The first-order chi connectivity index (χ1) is 15.9. The highest BCUT2D eigenvalue weighted by atomic mass is 35.5. The van der Waals surface area contributed by atoms with E-state index >= 15 is 0 Å². The third kappa shape index (κ3) is 4.51. The number of nitrogens with one attached hydrogen (secondary N) is 2. The minimum Gasteiger partial charge on any atom is -0.370 e. The first-order valence-electron chi connectivity index (χ1n) is 10.9. The van der Waals surface area contributed by atoms with Crippen LogP contribution in [-0.2, 0) is 0 Å². The van der Waals surface area contributed by atoms with E-state index in [0.717, 1.165) is 48.6 Å². The maximum Gasteiger partial charge on any atom is 0.135 e. The molecule has 2 N–H and O–H groups in total. The number of benzene rings is 2. The summed E-state index contributed by atoms with van der Waals surface area (Å²) >= 11 is 3.47. The van der Waals surface area contributed by atoms with Gasteiger partial charge in [-0.2, -0.15) is 22.7 Å². The lowest BCUT2D eigenvalue weighted by atomic mass is 10.1. The summed E-state index contributed by atoms with van der Waals surface area (Å²) in [6.07, 6.45) is 2.13. The highest BCUT2D eigenvalue weighted by Gasteiger charge is 2.10. The van der Waals surface area contributed by atoms with Gasteiger partial charge in [-0.1, -0.05) is 36.4 Å². The van der Waals surface area contributed by atoms with Crippen LogP contribution in [0.1, 0.15) is 12.8 Å². The predicted octanol–water partition coefficient (Wildman–Crippen LogP) is 8.36. The molecule has 2 aromatic carbocycles. The predicted molar refractivity (Wildman–Crippen MR) is 155 cm³/mol. The maximum atomic E-state index is 4.87. The van der Waals surface area contributed by atoms with Crippen molar-refractivity contribution >= 4 is 102 Å². The van der Waals surface area contributed by atoms with E-state index < -0.39 is 0 Å². The van der Waals surface area contributed by atoms with Crippen LogP contribution in [0.25, 0.3) is 43.4 Å². The lowest BCUT2D eigenvalue weighted by molar-refractivity contribution is 0.793. The van der Waals surface area contributed by atoms with Crippen LogP contribution in [0, 0.1) is 0 Å². The fourth-order valence-corrected chi connectivity index (χ4v) is 5.94. The minimum atomic E-state index is 0. The van der Waals surface area contributed by atoms with Crippen LogP contribution < -0.4 is 10.6 Å². The second kappa shape index (κ2) is 10.7. The van der Waals surface area contributed by atoms with E-state index in [-0.39, 0.29) is 24.8 Å². The Morgan fingerprint density at radius 1 is 0.529 bits per heavy atom. The molecule has 0 unspecified atom stereocenters. The zero-order valence-electron chi connectivity index (χ0n) is 18.3. The second-order valence-corrected chi connectivity index (χ2v) is 9.40. The number of nitrogens with zero attached hydrogens (tertiary/aromatic N) is 2. The van der Waals surface area contributed by atoms with Gasteiger partial charge < -0.3 is 10.6 Å². The van der Waals surface area contributed by atoms with E-state index in [4.69, 9.17) is 9.97 Å². The van der Waals surface area contributed by atoms with E-state index in [1.165, 1.54) is 32.3 Å². The van der Waals surface area contributed by atoms with Crippen molar-refractivity contribution in [3.05, 3.63) is 70.1 Å². The number of aromatic nitrogens is 2. The molecule has 6 rings (SSSR count). The molecule has 4 aromatic heterocycles. The molecule has 8 heteroatoms. The molecule has 0 atom stereocenters. The van der Waals surface area contributed by atoms with Gasteiger partial charge in [0.25, 0.3) is 0 Å². The molecular formula is C26H24Cl2N4S2. The molecule has 0 saturated carbocycles. The molecule has 4 nitrogen and oxygen atoms in total. The molecule has 0 saturated heterocycles. The van der Waals surface area contributed by atoms with Gasteiger partial charge in [-0.25, -0.2) is 9.97 Å². The molecule has 174 valence electrons. The van der Waals surface area contributed by atoms with E-state index in [9.17, 15) is 0 Å². The molecule has 34 heavy (non-hydrogen) atoms. The molecule has 0 aliphatic rings. The second-order valence-electron chi connectivity index (χ2n) is 7.91. The monoisotopic (exact) mass is 526 g/mol. The minimum absolute atomic E-state index is 0. The largest absolute Gasteiger partial charge is 0.370 e. The molecule has 0 bridgehead atoms. The number of pyridine rings is 2. The molecule has 0 radical (unpaired) electrons. The Hall–Kier alpha value is -2.64. The van der Waals surface area contributed by atoms with Gasteiger partial charge in [0.15, 0.2) is 0 Å². The highest BCUT2D eigenvalue weighted by molar-refractivity contribution is 7.09. The zero-order valence-corrected chi connectivity index (χ0v) is 21.6. The highest BCUT2D eigenvalue weighted by Crippen LogP contribution is 2.33. The number of para-hydroxylation sites is 2. The Morgan fingerprint density at radius 2 is 0.941 bits per heavy atom. The van der Waals surface area contributed by atoms with E-state index in [1.54, 1.807) is 22.7 Å². The summed E-state index contributed by atoms with van der Waals surface area (Å²) in [7, 11) is 0. The maximum absolute atomic E-state index is 4.87. The molecule has 0 aliphatic heterocycles. The number of rotatable bonds is 7. The summed E-state index contributed by atoms with van der Waals surface area (Å²) in [4.78, 5) is 9.74. The van der Waals surface area contributed by atoms with Gasteiger partial charge in [0.1, 0.15) is 11.6 Å². The third-order valence-electron chi connectivity index (χ3n) is 5.88. The van der Waals surface area contributed by atoms with Crippen molar-refractivity contribution in [2.24, 2.45) is 0 Å². The topological polar surface area (TPSA) is 49.8 Å². The lowest BCUT2D eigenvalue weighted by Crippen LogP contribution is -2.08. The number of unbranched alkanes of at least 4 members (excludes halogenated alkanes) is 1. The van der Waals surface area contributed by atoms with Crippen LogP contribution in [0.2, 0.25) is 0 Å². The van der Waals surface area contributed by atoms with E-state index in [1.807, 2.05) is 12.1 Å². The van der Waals surface area contributed by atoms with Crippen molar-refractivity contribution in [2.75, 3.05) is 23.7 Å². The van der Waals surface area contributed by atoms with Gasteiger partial charge in [-0.05, 0) is 35.7 Å². The first kappa shape index (κ1) is 24.5. The normalized spacial score (nSPS) is 10.9. The summed E-state index contributed by atoms with van der Waals surface area (Å²) in [5.74, 6) is 1.98. The number of hydrogen-bond donors (Lipinski definition) is 2. The van der Waals surface area contributed by atoms with Crippen LogP contribution in [0.3, 0.4) is 0 Å².